The smallest absolute Gasteiger partial charge is 0.0236 e. The second-order valence-corrected chi connectivity index (χ2v) is 6.95. The zero-order chi connectivity index (χ0) is 14.5. The minimum atomic E-state index is 0.983. The average molecular weight is 286 g/mol. The van der Waals surface area contributed by atoms with E-state index in [0.29, 0.717) is 0 Å². The minimum Gasteiger partial charge on any atom is -0.319 e. The first-order valence-corrected chi connectivity index (χ1v) is 8.80. The zero-order valence-electron chi connectivity index (χ0n) is 13.5. The number of nitrogens with zero attached hydrogens (tertiary/aromatic N) is 1. The molecule has 0 amide bonds. The third-order valence-electron chi connectivity index (χ3n) is 5.53. The minimum absolute atomic E-state index is 0.983. The summed E-state index contributed by atoms with van der Waals surface area (Å²) in [4.78, 5) is 2.71. The molecule has 0 bridgehead atoms. The molecule has 1 aromatic rings. The molecule has 1 heterocycles. The Balaban J connectivity index is 1.61. The first-order chi connectivity index (χ1) is 10.4. The Morgan fingerprint density at radius 1 is 1.05 bits per heavy atom. The lowest BCUT2D eigenvalue weighted by molar-refractivity contribution is 0.0819. The largest absolute Gasteiger partial charge is 0.319 e. The summed E-state index contributed by atoms with van der Waals surface area (Å²) in [6.45, 7) is 4.87. The molecule has 1 saturated carbocycles. The summed E-state index contributed by atoms with van der Waals surface area (Å²) in [7, 11) is 2.04. The van der Waals surface area contributed by atoms with E-state index in [2.05, 4.69) is 34.5 Å². The van der Waals surface area contributed by atoms with Gasteiger partial charge in [0.05, 0.1) is 0 Å². The van der Waals surface area contributed by atoms with Gasteiger partial charge in [-0.1, -0.05) is 43.5 Å². The summed E-state index contributed by atoms with van der Waals surface area (Å²) in [5, 5.41) is 3.27. The van der Waals surface area contributed by atoms with Crippen LogP contribution in [0.4, 0.5) is 0 Å². The average Bonchev–Trinajstić information content (AvgIpc) is 2.54. The Kier molecular flexibility index (Phi) is 5.32. The number of hydrogen-bond donors (Lipinski definition) is 1. The van der Waals surface area contributed by atoms with Crippen LogP contribution >= 0.6 is 0 Å². The molecule has 2 unspecified atom stereocenters. The predicted octanol–water partition coefficient (Wildman–Crippen LogP) is 3.46. The summed E-state index contributed by atoms with van der Waals surface area (Å²) < 4.78 is 0. The first-order valence-electron chi connectivity index (χ1n) is 8.80. The summed E-state index contributed by atoms with van der Waals surface area (Å²) in [5.74, 6) is 2.02. The number of fused-ring (bicyclic) bond motifs is 1. The maximum atomic E-state index is 3.27. The third-order valence-corrected chi connectivity index (χ3v) is 5.53. The van der Waals surface area contributed by atoms with Crippen molar-refractivity contribution in [2.75, 3.05) is 26.7 Å². The first kappa shape index (κ1) is 15.1. The normalized spacial score (nSPS) is 26.5. The topological polar surface area (TPSA) is 15.3 Å². The Hall–Kier alpha value is -0.860. The van der Waals surface area contributed by atoms with E-state index in [0.717, 1.165) is 31.3 Å². The van der Waals surface area contributed by atoms with Crippen molar-refractivity contribution >= 4 is 0 Å². The highest BCUT2D eigenvalue weighted by Crippen LogP contribution is 2.36. The molecule has 2 heteroatoms. The molecule has 0 radical (unpaired) electrons. The van der Waals surface area contributed by atoms with Crippen LogP contribution in [0.3, 0.4) is 0 Å². The number of piperidine rings is 1. The number of likely N-dealkylation sites (N-methyl/N-ethyl adjacent to an activating group) is 1. The Morgan fingerprint density at radius 3 is 2.62 bits per heavy atom. The number of benzene rings is 1. The van der Waals surface area contributed by atoms with E-state index in [4.69, 9.17) is 0 Å². The summed E-state index contributed by atoms with van der Waals surface area (Å²) in [5.41, 5.74) is 3.07. The van der Waals surface area contributed by atoms with Crippen molar-refractivity contribution in [3.05, 3.63) is 35.4 Å². The Morgan fingerprint density at radius 2 is 1.81 bits per heavy atom. The van der Waals surface area contributed by atoms with Gasteiger partial charge in [-0.25, -0.2) is 0 Å². The fourth-order valence-corrected chi connectivity index (χ4v) is 4.28. The van der Waals surface area contributed by atoms with Gasteiger partial charge in [0.15, 0.2) is 0 Å². The van der Waals surface area contributed by atoms with E-state index in [1.165, 1.54) is 50.8 Å². The van der Waals surface area contributed by atoms with Gasteiger partial charge in [0, 0.05) is 13.1 Å². The third kappa shape index (κ3) is 3.87. The van der Waals surface area contributed by atoms with E-state index >= 15 is 0 Å². The molecule has 1 aromatic carbocycles. The molecule has 21 heavy (non-hydrogen) atoms. The van der Waals surface area contributed by atoms with Crippen molar-refractivity contribution in [3.8, 4) is 0 Å². The predicted molar refractivity (Wildman–Crippen MR) is 89.4 cm³/mol. The fourth-order valence-electron chi connectivity index (χ4n) is 4.28. The van der Waals surface area contributed by atoms with Crippen molar-refractivity contribution in [3.63, 3.8) is 0 Å². The quantitative estimate of drug-likeness (QED) is 0.892. The zero-order valence-corrected chi connectivity index (χ0v) is 13.5. The molecule has 2 aliphatic rings. The molecular weight excluding hydrogens is 256 g/mol. The lowest BCUT2D eigenvalue weighted by atomic mass is 9.75. The monoisotopic (exact) mass is 286 g/mol. The maximum Gasteiger partial charge on any atom is 0.0236 e. The summed E-state index contributed by atoms with van der Waals surface area (Å²) >= 11 is 0. The highest BCUT2D eigenvalue weighted by Gasteiger charge is 2.30. The molecule has 2 nitrogen and oxygen atoms in total. The van der Waals surface area contributed by atoms with Crippen LogP contribution in [0.1, 0.15) is 43.2 Å². The van der Waals surface area contributed by atoms with Crippen LogP contribution in [0, 0.1) is 11.8 Å². The lowest BCUT2D eigenvalue weighted by Crippen LogP contribution is -2.41. The number of rotatable bonds is 5. The molecule has 2 atom stereocenters. The van der Waals surface area contributed by atoms with E-state index in [9.17, 15) is 0 Å². The maximum absolute atomic E-state index is 3.27. The van der Waals surface area contributed by atoms with E-state index < -0.39 is 0 Å². The Bertz CT molecular complexity index is 443. The van der Waals surface area contributed by atoms with Crippen LogP contribution in [-0.2, 0) is 13.0 Å². The number of nitrogens with one attached hydrogen (secondary N) is 1. The van der Waals surface area contributed by atoms with Crippen LogP contribution in [0.25, 0.3) is 0 Å². The summed E-state index contributed by atoms with van der Waals surface area (Å²) in [6, 6.07) is 9.02. The highest BCUT2D eigenvalue weighted by atomic mass is 15.1. The van der Waals surface area contributed by atoms with Crippen LogP contribution in [0.2, 0.25) is 0 Å². The molecule has 1 aliphatic heterocycles. The van der Waals surface area contributed by atoms with Crippen LogP contribution in [-0.4, -0.2) is 31.6 Å². The molecular formula is C19H30N2. The van der Waals surface area contributed by atoms with Gasteiger partial charge in [0.2, 0.25) is 0 Å². The fraction of sp³-hybridized carbons (Fsp3) is 0.684. The van der Waals surface area contributed by atoms with Gasteiger partial charge >= 0.3 is 0 Å². The van der Waals surface area contributed by atoms with Gasteiger partial charge in [-0.15, -0.1) is 0 Å². The van der Waals surface area contributed by atoms with Crippen LogP contribution in [0.5, 0.6) is 0 Å². The van der Waals surface area contributed by atoms with Gasteiger partial charge in [-0.05, 0) is 62.4 Å². The molecule has 0 spiro atoms. The van der Waals surface area contributed by atoms with Crippen molar-refractivity contribution in [2.45, 2.75) is 45.1 Å². The van der Waals surface area contributed by atoms with Crippen LogP contribution in [0.15, 0.2) is 24.3 Å². The van der Waals surface area contributed by atoms with E-state index in [-0.39, 0.29) is 0 Å². The van der Waals surface area contributed by atoms with Gasteiger partial charge in [-0.3, -0.25) is 4.90 Å². The molecule has 116 valence electrons. The van der Waals surface area contributed by atoms with Gasteiger partial charge < -0.3 is 5.32 Å². The second kappa shape index (κ2) is 7.42. The van der Waals surface area contributed by atoms with Crippen molar-refractivity contribution in [2.24, 2.45) is 11.8 Å². The van der Waals surface area contributed by atoms with Crippen LogP contribution < -0.4 is 5.32 Å². The second-order valence-electron chi connectivity index (χ2n) is 6.95. The number of hydrogen-bond acceptors (Lipinski definition) is 2. The lowest BCUT2D eigenvalue weighted by Gasteiger charge is -2.41. The summed E-state index contributed by atoms with van der Waals surface area (Å²) in [6.07, 6.45) is 8.50. The molecule has 0 aromatic heterocycles. The molecule has 1 N–H and O–H groups in total. The van der Waals surface area contributed by atoms with Gasteiger partial charge in [0.1, 0.15) is 0 Å². The van der Waals surface area contributed by atoms with Crippen molar-refractivity contribution in [1.82, 2.24) is 10.2 Å². The van der Waals surface area contributed by atoms with E-state index in [1.807, 2.05) is 7.05 Å². The highest BCUT2D eigenvalue weighted by molar-refractivity contribution is 5.27. The number of likely N-dealkylation sites (tertiary alicyclic amines) is 1. The Labute approximate surface area is 129 Å². The molecule has 1 aliphatic carbocycles. The molecule has 1 saturated heterocycles. The molecule has 3 rings (SSSR count). The standard InChI is InChI=1S/C19H30N2/c1-20-12-10-16-6-2-4-8-18(16)14-21-13-11-17-7-3-5-9-19(17)15-21/h2,4,6,8,17,19-20H,3,5,7,9-15H2,1H3. The van der Waals surface area contributed by atoms with E-state index in [1.54, 1.807) is 5.56 Å². The van der Waals surface area contributed by atoms with Gasteiger partial charge in [-0.2, -0.15) is 0 Å². The van der Waals surface area contributed by atoms with Crippen molar-refractivity contribution in [1.29, 1.82) is 0 Å². The molecule has 2 fully saturated rings. The van der Waals surface area contributed by atoms with Crippen molar-refractivity contribution < 1.29 is 0 Å². The van der Waals surface area contributed by atoms with Gasteiger partial charge in [0.25, 0.3) is 0 Å². The SMILES string of the molecule is CNCCc1ccccc1CN1CCC2CCCCC2C1.